The van der Waals surface area contributed by atoms with Crippen molar-refractivity contribution in [2.45, 2.75) is 69.7 Å². The van der Waals surface area contributed by atoms with E-state index in [9.17, 15) is 4.79 Å². The monoisotopic (exact) mass is 323 g/mol. The van der Waals surface area contributed by atoms with Gasteiger partial charge in [-0.15, -0.1) is 0 Å². The Hall–Kier alpha value is -1.15. The molecule has 1 aromatic carbocycles. The molecule has 3 aliphatic carbocycles. The second kappa shape index (κ2) is 5.42. The Balaban J connectivity index is 1.58. The molecule has 128 valence electrons. The first kappa shape index (κ1) is 15.1. The third-order valence-corrected chi connectivity index (χ3v) is 7.55. The Labute approximate surface area is 145 Å². The molecule has 1 aromatic rings. The average molecular weight is 323 g/mol. The van der Waals surface area contributed by atoms with Crippen molar-refractivity contribution >= 4 is 5.78 Å². The number of likely N-dealkylation sites (tertiary alicyclic amines) is 1. The maximum atomic E-state index is 11.9. The van der Waals surface area contributed by atoms with Gasteiger partial charge in [-0.3, -0.25) is 9.69 Å². The number of piperidine rings is 1. The lowest BCUT2D eigenvalue weighted by Crippen LogP contribution is -2.61. The number of carbonyl (C=O) groups is 1. The summed E-state index contributed by atoms with van der Waals surface area (Å²) >= 11 is 0. The molecular formula is C22H29NO. The summed E-state index contributed by atoms with van der Waals surface area (Å²) in [4.78, 5) is 14.8. The molecule has 0 radical (unpaired) electrons. The summed E-state index contributed by atoms with van der Waals surface area (Å²) < 4.78 is 0. The highest BCUT2D eigenvalue weighted by atomic mass is 16.1. The van der Waals surface area contributed by atoms with E-state index >= 15 is 0 Å². The Morgan fingerprint density at radius 3 is 2.88 bits per heavy atom. The van der Waals surface area contributed by atoms with Gasteiger partial charge in [0.05, 0.1) is 0 Å². The van der Waals surface area contributed by atoms with Crippen LogP contribution in [0.15, 0.2) is 18.2 Å². The van der Waals surface area contributed by atoms with Crippen molar-refractivity contribution in [2.24, 2.45) is 11.8 Å². The summed E-state index contributed by atoms with van der Waals surface area (Å²) in [5.74, 6) is 2.03. The zero-order valence-corrected chi connectivity index (χ0v) is 14.9. The zero-order valence-electron chi connectivity index (χ0n) is 14.9. The summed E-state index contributed by atoms with van der Waals surface area (Å²) in [7, 11) is 0. The van der Waals surface area contributed by atoms with Gasteiger partial charge >= 0.3 is 0 Å². The predicted molar refractivity (Wildman–Crippen MR) is 96.5 cm³/mol. The molecular weight excluding hydrogens is 294 g/mol. The average Bonchev–Trinajstić information content (AvgIpc) is 3.41. The van der Waals surface area contributed by atoms with Crippen molar-refractivity contribution in [1.82, 2.24) is 4.90 Å². The lowest BCUT2D eigenvalue weighted by atomic mass is 9.52. The smallest absolute Gasteiger partial charge is 0.159 e. The number of rotatable bonds is 3. The predicted octanol–water partition coefficient (Wildman–Crippen LogP) is 4.36. The normalized spacial score (nSPS) is 35.2. The minimum absolute atomic E-state index is 0.217. The molecule has 3 fully saturated rings. The van der Waals surface area contributed by atoms with Gasteiger partial charge in [0.1, 0.15) is 0 Å². The van der Waals surface area contributed by atoms with E-state index in [1.165, 1.54) is 64.5 Å². The van der Waals surface area contributed by atoms with Gasteiger partial charge in [-0.1, -0.05) is 25.0 Å². The van der Waals surface area contributed by atoms with Crippen LogP contribution >= 0.6 is 0 Å². The van der Waals surface area contributed by atoms with Crippen LogP contribution in [0.4, 0.5) is 0 Å². The second-order valence-corrected chi connectivity index (χ2v) is 8.90. The topological polar surface area (TPSA) is 20.3 Å². The Morgan fingerprint density at radius 1 is 1.21 bits per heavy atom. The van der Waals surface area contributed by atoms with Crippen LogP contribution in [-0.4, -0.2) is 29.8 Å². The van der Waals surface area contributed by atoms with E-state index < -0.39 is 0 Å². The van der Waals surface area contributed by atoms with Crippen molar-refractivity contribution in [2.75, 3.05) is 13.1 Å². The van der Waals surface area contributed by atoms with Crippen molar-refractivity contribution in [1.29, 1.82) is 0 Å². The van der Waals surface area contributed by atoms with Crippen LogP contribution in [0, 0.1) is 11.8 Å². The second-order valence-electron chi connectivity index (χ2n) is 8.90. The van der Waals surface area contributed by atoms with Crippen molar-refractivity contribution in [3.8, 4) is 0 Å². The standard InChI is InChI=1S/C22H29NO/c1-15(24)17-7-8-18-13-21-19-4-2-3-9-22(19,20(18)12-17)10-11-23(21)14-16-5-6-16/h7-8,12,16,19,21H,2-6,9-11,13-14H2,1H3/t19-,21-,22-/m0/s1. The Kier molecular flexibility index (Phi) is 3.42. The van der Waals surface area contributed by atoms with Crippen LogP contribution in [0.3, 0.4) is 0 Å². The first-order chi connectivity index (χ1) is 11.7. The van der Waals surface area contributed by atoms with Gasteiger partial charge < -0.3 is 0 Å². The van der Waals surface area contributed by atoms with Crippen LogP contribution in [0.2, 0.25) is 0 Å². The first-order valence-corrected chi connectivity index (χ1v) is 10.1. The van der Waals surface area contributed by atoms with Crippen LogP contribution in [0.25, 0.3) is 0 Å². The van der Waals surface area contributed by atoms with Crippen LogP contribution in [-0.2, 0) is 11.8 Å². The number of fused-ring (bicyclic) bond motifs is 1. The SMILES string of the molecule is CC(=O)c1ccc2c(c1)[C@]13CCCC[C@H]1[C@H](C2)N(CC1CC1)CC3. The minimum Gasteiger partial charge on any atom is -0.299 e. The summed E-state index contributed by atoms with van der Waals surface area (Å²) in [6, 6.07) is 7.40. The molecule has 0 N–H and O–H groups in total. The first-order valence-electron chi connectivity index (χ1n) is 10.1. The van der Waals surface area contributed by atoms with Gasteiger partial charge in [0.15, 0.2) is 5.78 Å². The van der Waals surface area contributed by atoms with E-state index in [4.69, 9.17) is 0 Å². The molecule has 2 saturated carbocycles. The van der Waals surface area contributed by atoms with Gasteiger partial charge in [0.2, 0.25) is 0 Å². The quantitative estimate of drug-likeness (QED) is 0.770. The highest BCUT2D eigenvalue weighted by Crippen LogP contribution is 2.56. The van der Waals surface area contributed by atoms with Crippen LogP contribution < -0.4 is 0 Å². The summed E-state index contributed by atoms with van der Waals surface area (Å²) in [5, 5.41) is 0. The molecule has 2 heteroatoms. The fourth-order valence-corrected chi connectivity index (χ4v) is 6.16. The third-order valence-electron chi connectivity index (χ3n) is 7.55. The molecule has 2 bridgehead atoms. The number of benzene rings is 1. The number of nitrogens with zero attached hydrogens (tertiary/aromatic N) is 1. The number of ketones is 1. The maximum Gasteiger partial charge on any atom is 0.159 e. The van der Waals surface area contributed by atoms with E-state index in [0.717, 1.165) is 23.4 Å². The number of hydrogen-bond donors (Lipinski definition) is 0. The number of Topliss-reactive ketones (excluding diaryl/α,β-unsaturated/α-hetero) is 1. The zero-order chi connectivity index (χ0) is 16.3. The third kappa shape index (κ3) is 2.22. The molecule has 0 unspecified atom stereocenters. The van der Waals surface area contributed by atoms with E-state index in [-0.39, 0.29) is 5.78 Å². The largest absolute Gasteiger partial charge is 0.299 e. The molecule has 0 aromatic heterocycles. The fraction of sp³-hybridized carbons (Fsp3) is 0.682. The molecule has 1 aliphatic heterocycles. The molecule has 0 amide bonds. The molecule has 4 aliphatic rings. The maximum absolute atomic E-state index is 11.9. The van der Waals surface area contributed by atoms with Crippen molar-refractivity contribution < 1.29 is 4.79 Å². The minimum atomic E-state index is 0.217. The lowest BCUT2D eigenvalue weighted by molar-refractivity contribution is -0.0133. The summed E-state index contributed by atoms with van der Waals surface area (Å²) in [5.41, 5.74) is 4.40. The molecule has 0 spiro atoms. The van der Waals surface area contributed by atoms with Crippen molar-refractivity contribution in [3.05, 3.63) is 34.9 Å². The van der Waals surface area contributed by atoms with Crippen LogP contribution in [0.5, 0.6) is 0 Å². The van der Waals surface area contributed by atoms with E-state index in [2.05, 4.69) is 23.1 Å². The van der Waals surface area contributed by atoms with Gasteiger partial charge in [-0.25, -0.2) is 0 Å². The molecule has 5 rings (SSSR count). The molecule has 1 heterocycles. The Morgan fingerprint density at radius 2 is 2.08 bits per heavy atom. The van der Waals surface area contributed by atoms with E-state index in [1.54, 1.807) is 18.1 Å². The van der Waals surface area contributed by atoms with Gasteiger partial charge in [0, 0.05) is 23.6 Å². The van der Waals surface area contributed by atoms with Gasteiger partial charge in [-0.2, -0.15) is 0 Å². The highest BCUT2D eigenvalue weighted by molar-refractivity contribution is 5.94. The van der Waals surface area contributed by atoms with Gasteiger partial charge in [-0.05, 0) is 81.0 Å². The Bertz CT molecular complexity index is 677. The highest BCUT2D eigenvalue weighted by Gasteiger charge is 2.54. The molecule has 2 nitrogen and oxygen atoms in total. The van der Waals surface area contributed by atoms with Crippen LogP contribution in [0.1, 0.15) is 73.4 Å². The molecule has 1 saturated heterocycles. The lowest BCUT2D eigenvalue weighted by Gasteiger charge is -2.59. The van der Waals surface area contributed by atoms with E-state index in [0.29, 0.717) is 5.41 Å². The molecule has 24 heavy (non-hydrogen) atoms. The fourth-order valence-electron chi connectivity index (χ4n) is 6.16. The van der Waals surface area contributed by atoms with Crippen molar-refractivity contribution in [3.63, 3.8) is 0 Å². The number of carbonyl (C=O) groups excluding carboxylic acids is 1. The van der Waals surface area contributed by atoms with E-state index in [1.807, 2.05) is 0 Å². The molecule has 3 atom stereocenters. The van der Waals surface area contributed by atoms with Gasteiger partial charge in [0.25, 0.3) is 0 Å². The number of hydrogen-bond acceptors (Lipinski definition) is 2. The summed E-state index contributed by atoms with van der Waals surface area (Å²) in [6.45, 7) is 4.33. The summed E-state index contributed by atoms with van der Waals surface area (Å²) in [6.07, 6.45) is 11.0.